The molecule has 0 bridgehead atoms. The molecule has 174 valence electrons. The highest BCUT2D eigenvalue weighted by molar-refractivity contribution is 7.92. The first-order valence-electron chi connectivity index (χ1n) is 10.5. The molecule has 4 aromatic rings. The summed E-state index contributed by atoms with van der Waals surface area (Å²) in [6, 6.07) is 21.8. The normalized spacial score (nSPS) is 11.3. The largest absolute Gasteiger partial charge is 0.316 e. The van der Waals surface area contributed by atoms with Crippen LogP contribution in [0.2, 0.25) is 0 Å². The van der Waals surface area contributed by atoms with Crippen molar-refractivity contribution in [1.29, 1.82) is 0 Å². The first-order chi connectivity index (χ1) is 16.2. The van der Waals surface area contributed by atoms with Gasteiger partial charge in [0.1, 0.15) is 5.69 Å². The second-order valence-corrected chi connectivity index (χ2v) is 9.58. The number of carbonyl (C=O) groups is 1. The van der Waals surface area contributed by atoms with Crippen LogP contribution in [0.3, 0.4) is 0 Å². The van der Waals surface area contributed by atoms with Crippen molar-refractivity contribution >= 4 is 27.3 Å². The van der Waals surface area contributed by atoms with Crippen molar-refractivity contribution in [3.8, 4) is 5.69 Å². The Bertz CT molecular complexity index is 1540. The quantitative estimate of drug-likeness (QED) is 0.441. The summed E-state index contributed by atoms with van der Waals surface area (Å²) in [5.74, 6) is -0.525. The lowest BCUT2D eigenvalue weighted by Crippen LogP contribution is -2.23. The van der Waals surface area contributed by atoms with Crippen LogP contribution in [0.4, 0.5) is 11.4 Å². The maximum absolute atomic E-state index is 13.1. The van der Waals surface area contributed by atoms with Crippen molar-refractivity contribution < 1.29 is 13.2 Å². The van der Waals surface area contributed by atoms with Gasteiger partial charge in [0.2, 0.25) is 0 Å². The molecule has 1 aromatic heterocycles. The smallest absolute Gasteiger partial charge is 0.295 e. The van der Waals surface area contributed by atoms with E-state index in [1.807, 2.05) is 18.2 Å². The Morgan fingerprint density at radius 1 is 0.882 bits per heavy atom. The summed E-state index contributed by atoms with van der Waals surface area (Å²) in [6.45, 7) is 3.55. The number of carbonyl (C=O) groups excluding carboxylic acids is 1. The lowest BCUT2D eigenvalue weighted by atomic mass is 10.2. The highest BCUT2D eigenvalue weighted by Gasteiger charge is 2.20. The highest BCUT2D eigenvalue weighted by Crippen LogP contribution is 2.20. The summed E-state index contributed by atoms with van der Waals surface area (Å²) >= 11 is 0. The molecule has 34 heavy (non-hydrogen) atoms. The second kappa shape index (κ2) is 9.03. The van der Waals surface area contributed by atoms with Gasteiger partial charge in [0.25, 0.3) is 21.5 Å². The third-order valence-electron chi connectivity index (χ3n) is 5.47. The van der Waals surface area contributed by atoms with Crippen LogP contribution in [0.25, 0.3) is 5.69 Å². The van der Waals surface area contributed by atoms with E-state index in [2.05, 4.69) is 10.0 Å². The molecule has 0 atom stereocenters. The molecule has 0 fully saturated rings. The van der Waals surface area contributed by atoms with Crippen LogP contribution in [0, 0.1) is 13.8 Å². The van der Waals surface area contributed by atoms with Crippen LogP contribution < -0.4 is 15.6 Å². The number of para-hydroxylation sites is 1. The second-order valence-electron chi connectivity index (χ2n) is 7.89. The molecule has 0 saturated heterocycles. The van der Waals surface area contributed by atoms with Crippen molar-refractivity contribution in [1.82, 2.24) is 9.36 Å². The summed E-state index contributed by atoms with van der Waals surface area (Å²) in [4.78, 5) is 26.1. The number of aryl methyl sites for hydroxylation is 1. The summed E-state index contributed by atoms with van der Waals surface area (Å²) < 4.78 is 31.1. The molecule has 0 unspecified atom stereocenters. The number of nitrogens with zero attached hydrogens (tertiary/aromatic N) is 2. The number of anilines is 2. The number of sulfonamides is 1. The van der Waals surface area contributed by atoms with Crippen molar-refractivity contribution in [2.45, 2.75) is 18.7 Å². The zero-order valence-electron chi connectivity index (χ0n) is 18.9. The Hall–Kier alpha value is -4.11. The number of rotatable bonds is 6. The van der Waals surface area contributed by atoms with Crippen molar-refractivity contribution in [3.63, 3.8) is 0 Å². The number of amides is 1. The van der Waals surface area contributed by atoms with Gasteiger partial charge in [0, 0.05) is 18.3 Å². The van der Waals surface area contributed by atoms with Crippen molar-refractivity contribution in [2.24, 2.45) is 7.05 Å². The molecule has 1 heterocycles. The van der Waals surface area contributed by atoms with E-state index in [1.165, 1.54) is 16.8 Å². The molecule has 0 saturated carbocycles. The predicted molar refractivity (Wildman–Crippen MR) is 132 cm³/mol. The number of hydrogen-bond acceptors (Lipinski definition) is 4. The highest BCUT2D eigenvalue weighted by atomic mass is 32.2. The first kappa shape index (κ1) is 23.1. The molecule has 4 rings (SSSR count). The van der Waals surface area contributed by atoms with Gasteiger partial charge in [0.15, 0.2) is 0 Å². The molecule has 0 aliphatic carbocycles. The molecule has 3 aromatic carbocycles. The van der Waals surface area contributed by atoms with Gasteiger partial charge in [-0.05, 0) is 61.9 Å². The van der Waals surface area contributed by atoms with Crippen LogP contribution in [0.5, 0.6) is 0 Å². The molecule has 8 nitrogen and oxygen atoms in total. The Morgan fingerprint density at radius 3 is 2.29 bits per heavy atom. The SMILES string of the molecule is Cc1cccc(S(=O)(=O)Nc2cccc(C(=O)Nc3c(C)n(C)n(-c4ccccc4)c3=O)c2)c1. The minimum atomic E-state index is -3.82. The lowest BCUT2D eigenvalue weighted by Gasteiger charge is -2.10. The molecule has 2 N–H and O–H groups in total. The zero-order valence-corrected chi connectivity index (χ0v) is 19.8. The van der Waals surface area contributed by atoms with Crippen LogP contribution in [-0.4, -0.2) is 23.7 Å². The van der Waals surface area contributed by atoms with Crippen LogP contribution >= 0.6 is 0 Å². The minimum absolute atomic E-state index is 0.128. The van der Waals surface area contributed by atoms with E-state index in [0.29, 0.717) is 11.4 Å². The van der Waals surface area contributed by atoms with Gasteiger partial charge in [-0.1, -0.05) is 36.4 Å². The van der Waals surface area contributed by atoms with Gasteiger partial charge in [-0.3, -0.25) is 19.0 Å². The molecule has 1 amide bonds. The van der Waals surface area contributed by atoms with Gasteiger partial charge in [0.05, 0.1) is 16.3 Å². The molecule has 0 aliphatic heterocycles. The van der Waals surface area contributed by atoms with E-state index < -0.39 is 15.9 Å². The monoisotopic (exact) mass is 476 g/mol. The number of nitrogens with one attached hydrogen (secondary N) is 2. The summed E-state index contributed by atoms with van der Waals surface area (Å²) in [6.07, 6.45) is 0. The lowest BCUT2D eigenvalue weighted by molar-refractivity contribution is 0.102. The van der Waals surface area contributed by atoms with Gasteiger partial charge in [-0.25, -0.2) is 13.1 Å². The zero-order chi connectivity index (χ0) is 24.5. The van der Waals surface area contributed by atoms with E-state index in [9.17, 15) is 18.0 Å². The van der Waals surface area contributed by atoms with Gasteiger partial charge < -0.3 is 5.32 Å². The summed E-state index contributed by atoms with van der Waals surface area (Å²) in [7, 11) is -2.09. The Balaban J connectivity index is 1.60. The van der Waals surface area contributed by atoms with Gasteiger partial charge >= 0.3 is 0 Å². The van der Waals surface area contributed by atoms with E-state index in [1.54, 1.807) is 74.1 Å². The average Bonchev–Trinajstić information content (AvgIpc) is 3.02. The first-order valence-corrected chi connectivity index (χ1v) is 12.0. The van der Waals surface area contributed by atoms with Crippen LogP contribution in [-0.2, 0) is 17.1 Å². The molecular formula is C25H24N4O4S. The van der Waals surface area contributed by atoms with Crippen molar-refractivity contribution in [2.75, 3.05) is 10.0 Å². The van der Waals surface area contributed by atoms with E-state index in [-0.39, 0.29) is 27.4 Å². The van der Waals surface area contributed by atoms with Gasteiger partial charge in [-0.15, -0.1) is 0 Å². The number of aromatic nitrogens is 2. The third kappa shape index (κ3) is 4.51. The number of hydrogen-bond donors (Lipinski definition) is 2. The summed E-state index contributed by atoms with van der Waals surface area (Å²) in [5, 5.41) is 2.68. The van der Waals surface area contributed by atoms with Gasteiger partial charge in [-0.2, -0.15) is 0 Å². The molecule has 0 aliphatic rings. The topological polar surface area (TPSA) is 102 Å². The van der Waals surface area contributed by atoms with Crippen LogP contribution in [0.15, 0.2) is 88.6 Å². The maximum Gasteiger partial charge on any atom is 0.295 e. The van der Waals surface area contributed by atoms with E-state index in [0.717, 1.165) is 5.56 Å². The minimum Gasteiger partial charge on any atom is -0.316 e. The Morgan fingerprint density at radius 2 is 1.59 bits per heavy atom. The van der Waals surface area contributed by atoms with Crippen molar-refractivity contribution in [3.05, 3.63) is 106 Å². The number of benzene rings is 3. The van der Waals surface area contributed by atoms with Crippen LogP contribution in [0.1, 0.15) is 21.6 Å². The molecule has 0 radical (unpaired) electrons. The Kier molecular flexibility index (Phi) is 6.12. The fourth-order valence-corrected chi connectivity index (χ4v) is 4.77. The van der Waals surface area contributed by atoms with E-state index in [4.69, 9.17) is 0 Å². The average molecular weight is 477 g/mol. The predicted octanol–water partition coefficient (Wildman–Crippen LogP) is 3.85. The maximum atomic E-state index is 13.1. The standard InChI is InChI=1S/C25H24N4O4S/c1-17-9-7-14-22(15-17)34(32,33)27-20-11-8-10-19(16-20)24(30)26-23-18(2)28(3)29(25(23)31)21-12-5-4-6-13-21/h4-16,27H,1-3H3,(H,26,30). The van der Waals surface area contributed by atoms with E-state index >= 15 is 0 Å². The Labute approximate surface area is 197 Å². The fourth-order valence-electron chi connectivity index (χ4n) is 3.62. The summed E-state index contributed by atoms with van der Waals surface area (Å²) in [5.41, 5.74) is 2.30. The fraction of sp³-hybridized carbons (Fsp3) is 0.120. The molecule has 9 heteroatoms. The molecular weight excluding hydrogens is 452 g/mol. The molecule has 0 spiro atoms. The third-order valence-corrected chi connectivity index (χ3v) is 6.85.